The molecule has 200 valence electrons. The third kappa shape index (κ3) is 7.11. The molecule has 3 N–H and O–H groups in total. The van der Waals surface area contributed by atoms with Gasteiger partial charge in [0.1, 0.15) is 0 Å². The molecule has 3 rings (SSSR count). The zero-order chi connectivity index (χ0) is 27.2. The van der Waals surface area contributed by atoms with Crippen LogP contribution in [0.15, 0.2) is 64.7 Å². The molecule has 0 saturated heterocycles. The van der Waals surface area contributed by atoms with Crippen molar-refractivity contribution in [3.63, 3.8) is 0 Å². The molecule has 1 aliphatic heterocycles. The van der Waals surface area contributed by atoms with Crippen LogP contribution in [-0.4, -0.2) is 49.8 Å². The number of nitrogens with zero attached hydrogens (tertiary/aromatic N) is 1. The number of carboxylic acids is 1. The average molecular weight is 530 g/mol. The Labute approximate surface area is 218 Å². The summed E-state index contributed by atoms with van der Waals surface area (Å²) >= 11 is 0. The Morgan fingerprint density at radius 2 is 1.81 bits per heavy atom. The molecule has 0 saturated carbocycles. The fourth-order valence-electron chi connectivity index (χ4n) is 4.16. The SMILES string of the molecule is CCCCN1NC(C)C(C(=O)O)=C1Cc1ccc(-c2ccccc2S(=O)(=O)NC(=O)OCC(C)C)cc1. The van der Waals surface area contributed by atoms with Gasteiger partial charge in [0.2, 0.25) is 0 Å². The largest absolute Gasteiger partial charge is 0.478 e. The van der Waals surface area contributed by atoms with Gasteiger partial charge in [0.25, 0.3) is 10.0 Å². The number of allylic oxidation sites excluding steroid dienone is 1. The summed E-state index contributed by atoms with van der Waals surface area (Å²) in [6.45, 7) is 8.44. The second kappa shape index (κ2) is 12.2. The zero-order valence-corrected chi connectivity index (χ0v) is 22.5. The van der Waals surface area contributed by atoms with Crippen molar-refractivity contribution in [1.82, 2.24) is 15.2 Å². The van der Waals surface area contributed by atoms with Crippen LogP contribution in [0.4, 0.5) is 4.79 Å². The van der Waals surface area contributed by atoms with Crippen molar-refractivity contribution in [2.45, 2.75) is 57.9 Å². The molecule has 2 aromatic rings. The Morgan fingerprint density at radius 1 is 1.14 bits per heavy atom. The van der Waals surface area contributed by atoms with E-state index in [1.54, 1.807) is 30.3 Å². The molecule has 0 aromatic heterocycles. The van der Waals surface area contributed by atoms with Crippen LogP contribution in [0.3, 0.4) is 0 Å². The van der Waals surface area contributed by atoms with Crippen LogP contribution in [0, 0.1) is 5.92 Å². The number of hydrogen-bond acceptors (Lipinski definition) is 7. The van der Waals surface area contributed by atoms with Crippen LogP contribution in [-0.2, 0) is 26.0 Å². The van der Waals surface area contributed by atoms with Crippen molar-refractivity contribution < 1.29 is 27.9 Å². The Balaban J connectivity index is 1.85. The number of carbonyl (C=O) groups is 2. The molecule has 0 fully saturated rings. The second-order valence-electron chi connectivity index (χ2n) is 9.49. The maximum atomic E-state index is 12.9. The van der Waals surface area contributed by atoms with Gasteiger partial charge in [-0.1, -0.05) is 69.7 Å². The third-order valence-corrected chi connectivity index (χ3v) is 7.33. The number of hydrazine groups is 1. The van der Waals surface area contributed by atoms with Gasteiger partial charge in [0.05, 0.1) is 23.1 Å². The van der Waals surface area contributed by atoms with Crippen molar-refractivity contribution in [2.75, 3.05) is 13.2 Å². The number of carboxylic acid groups (broad SMARTS) is 1. The van der Waals surface area contributed by atoms with Crippen LogP contribution >= 0.6 is 0 Å². The molecule has 1 amide bonds. The van der Waals surface area contributed by atoms with Gasteiger partial charge < -0.3 is 14.9 Å². The Bertz CT molecular complexity index is 1260. The van der Waals surface area contributed by atoms with Gasteiger partial charge in [-0.25, -0.2) is 28.2 Å². The van der Waals surface area contributed by atoms with Crippen molar-refractivity contribution in [2.24, 2.45) is 5.92 Å². The number of sulfonamides is 1. The van der Waals surface area contributed by atoms with E-state index >= 15 is 0 Å². The van der Waals surface area contributed by atoms with Crippen LogP contribution < -0.4 is 10.1 Å². The molecule has 1 atom stereocenters. The summed E-state index contributed by atoms with van der Waals surface area (Å²) in [5, 5.41) is 11.7. The summed E-state index contributed by atoms with van der Waals surface area (Å²) in [7, 11) is -4.17. The number of amides is 1. The number of aliphatic carboxylic acids is 1. The predicted molar refractivity (Wildman–Crippen MR) is 141 cm³/mol. The first kappa shape index (κ1) is 28.2. The van der Waals surface area contributed by atoms with E-state index in [-0.39, 0.29) is 23.5 Å². The minimum atomic E-state index is -4.17. The van der Waals surface area contributed by atoms with E-state index in [9.17, 15) is 23.1 Å². The lowest BCUT2D eigenvalue weighted by Crippen LogP contribution is -2.37. The van der Waals surface area contributed by atoms with Crippen molar-refractivity contribution in [3.05, 3.63) is 65.4 Å². The zero-order valence-electron chi connectivity index (χ0n) is 21.7. The topological polar surface area (TPSA) is 125 Å². The Kier molecular flexibility index (Phi) is 9.34. The van der Waals surface area contributed by atoms with Crippen molar-refractivity contribution in [3.8, 4) is 11.1 Å². The second-order valence-corrected chi connectivity index (χ2v) is 11.1. The lowest BCUT2D eigenvalue weighted by Gasteiger charge is -2.23. The maximum Gasteiger partial charge on any atom is 0.421 e. The number of unbranched alkanes of at least 4 members (excludes halogenated alkanes) is 1. The number of carbonyl (C=O) groups excluding carboxylic acids is 1. The molecule has 1 unspecified atom stereocenters. The van der Waals surface area contributed by atoms with Gasteiger partial charge in [-0.3, -0.25) is 0 Å². The normalized spacial score (nSPS) is 15.8. The van der Waals surface area contributed by atoms with E-state index in [1.807, 2.05) is 42.6 Å². The minimum absolute atomic E-state index is 0.0420. The van der Waals surface area contributed by atoms with Gasteiger partial charge >= 0.3 is 12.1 Å². The fourth-order valence-corrected chi connectivity index (χ4v) is 5.28. The minimum Gasteiger partial charge on any atom is -0.478 e. The van der Waals surface area contributed by atoms with Crippen molar-refractivity contribution >= 4 is 22.1 Å². The summed E-state index contributed by atoms with van der Waals surface area (Å²) in [6, 6.07) is 13.4. The summed E-state index contributed by atoms with van der Waals surface area (Å²) < 4.78 is 32.8. The Morgan fingerprint density at radius 3 is 2.43 bits per heavy atom. The number of rotatable bonds is 11. The molecule has 1 aliphatic rings. The fraction of sp³-hybridized carbons (Fsp3) is 0.407. The first-order valence-corrected chi connectivity index (χ1v) is 13.9. The standard InChI is InChI=1S/C27H35N3O6S/c1-5-6-15-30-23(25(26(31)32)19(4)28-30)16-20-11-13-21(14-12-20)22-9-7-8-10-24(22)37(34,35)29-27(33)36-17-18(2)3/h7-14,18-19,28H,5-6,15-17H2,1-4H3,(H,29,33)(H,31,32). The number of ether oxygens (including phenoxy) is 1. The van der Waals surface area contributed by atoms with Crippen LogP contribution in [0.5, 0.6) is 0 Å². The summed E-state index contributed by atoms with van der Waals surface area (Å²) in [5.41, 5.74) is 6.31. The highest BCUT2D eigenvalue weighted by molar-refractivity contribution is 7.90. The van der Waals surface area contributed by atoms with Gasteiger partial charge in [-0.05, 0) is 36.5 Å². The summed E-state index contributed by atoms with van der Waals surface area (Å²) in [6.07, 6.45) is 1.32. The number of nitrogens with one attached hydrogen (secondary N) is 2. The number of hydrogen-bond donors (Lipinski definition) is 3. The molecule has 9 nitrogen and oxygen atoms in total. The monoisotopic (exact) mass is 529 g/mol. The maximum absolute atomic E-state index is 12.9. The van der Waals surface area contributed by atoms with E-state index in [1.165, 1.54) is 6.07 Å². The first-order valence-electron chi connectivity index (χ1n) is 12.4. The van der Waals surface area contributed by atoms with Gasteiger partial charge in [0, 0.05) is 24.2 Å². The summed E-state index contributed by atoms with van der Waals surface area (Å²) in [5.74, 6) is -0.868. The highest BCUT2D eigenvalue weighted by Crippen LogP contribution is 2.29. The molecule has 0 spiro atoms. The lowest BCUT2D eigenvalue weighted by atomic mass is 9.99. The molecular weight excluding hydrogens is 494 g/mol. The molecular formula is C27H35N3O6S. The highest BCUT2D eigenvalue weighted by Gasteiger charge is 2.32. The van der Waals surface area contributed by atoms with E-state index < -0.39 is 22.1 Å². The molecule has 37 heavy (non-hydrogen) atoms. The van der Waals surface area contributed by atoms with Crippen LogP contribution in [0.1, 0.15) is 46.1 Å². The number of benzene rings is 2. The first-order chi connectivity index (χ1) is 17.5. The smallest absolute Gasteiger partial charge is 0.421 e. The molecule has 2 aromatic carbocycles. The molecule has 0 radical (unpaired) electrons. The third-order valence-electron chi connectivity index (χ3n) is 5.96. The summed E-state index contributed by atoms with van der Waals surface area (Å²) in [4.78, 5) is 23.9. The van der Waals surface area contributed by atoms with Crippen LogP contribution in [0.25, 0.3) is 11.1 Å². The highest BCUT2D eigenvalue weighted by atomic mass is 32.2. The van der Waals surface area contributed by atoms with E-state index in [4.69, 9.17) is 4.74 Å². The molecule has 1 heterocycles. The predicted octanol–water partition coefficient (Wildman–Crippen LogP) is 4.31. The van der Waals surface area contributed by atoms with Gasteiger partial charge in [-0.2, -0.15) is 0 Å². The van der Waals surface area contributed by atoms with Gasteiger partial charge in [-0.15, -0.1) is 0 Å². The molecule has 0 bridgehead atoms. The van der Waals surface area contributed by atoms with Crippen LogP contribution in [0.2, 0.25) is 0 Å². The quantitative estimate of drug-likeness (QED) is 0.393. The van der Waals surface area contributed by atoms with E-state index in [0.717, 1.165) is 24.1 Å². The van der Waals surface area contributed by atoms with E-state index in [2.05, 4.69) is 12.3 Å². The van der Waals surface area contributed by atoms with E-state index in [0.29, 0.717) is 29.7 Å². The molecule has 0 aliphatic carbocycles. The lowest BCUT2D eigenvalue weighted by molar-refractivity contribution is -0.132. The van der Waals surface area contributed by atoms with Crippen molar-refractivity contribution in [1.29, 1.82) is 0 Å². The van der Waals surface area contributed by atoms with Gasteiger partial charge in [0.15, 0.2) is 0 Å². The molecule has 10 heteroatoms. The average Bonchev–Trinajstić information content (AvgIpc) is 3.16. The Hall–Kier alpha value is -3.37.